The summed E-state index contributed by atoms with van der Waals surface area (Å²) in [6.07, 6.45) is 8.53. The van der Waals surface area contributed by atoms with Crippen LogP contribution in [0, 0.1) is 26.2 Å². The molecule has 0 aliphatic rings. The Morgan fingerprint density at radius 1 is 1.30 bits per heavy atom. The molecule has 0 heterocycles. The quantitative estimate of drug-likeness (QED) is 0.509. The molecule has 0 spiro atoms. The molecule has 0 unspecified atom stereocenters. The zero-order chi connectivity index (χ0) is 17.6. The van der Waals surface area contributed by atoms with Crippen molar-refractivity contribution in [2.75, 3.05) is 7.05 Å². The summed E-state index contributed by atoms with van der Waals surface area (Å²) < 4.78 is 0. The van der Waals surface area contributed by atoms with Gasteiger partial charge in [-0.2, -0.15) is 0 Å². The van der Waals surface area contributed by atoms with Crippen LogP contribution >= 0.6 is 0 Å². The molecule has 0 N–H and O–H groups in total. The standard InChI is InChI=1S/C21H26N2/c1-9-15(4)20-12-14(3)11-17(6)21(20)23-18(7)16(5)13-19(10-2)22-8/h1,11-13H,4,10H2,2-3,5-8H3/b16-13+,22-19-,23-18+. The first-order valence-corrected chi connectivity index (χ1v) is 7.80. The van der Waals surface area contributed by atoms with Crippen molar-refractivity contribution in [3.63, 3.8) is 0 Å². The van der Waals surface area contributed by atoms with Gasteiger partial charge in [0.15, 0.2) is 0 Å². The molecular weight excluding hydrogens is 280 g/mol. The van der Waals surface area contributed by atoms with Crippen LogP contribution in [0.25, 0.3) is 5.57 Å². The summed E-state index contributed by atoms with van der Waals surface area (Å²) >= 11 is 0. The van der Waals surface area contributed by atoms with Crippen molar-refractivity contribution in [2.24, 2.45) is 9.98 Å². The van der Waals surface area contributed by atoms with Crippen LogP contribution in [0.3, 0.4) is 0 Å². The number of hydrogen-bond acceptors (Lipinski definition) is 2. The third-order valence-corrected chi connectivity index (χ3v) is 3.83. The zero-order valence-corrected chi connectivity index (χ0v) is 15.1. The van der Waals surface area contributed by atoms with Crippen LogP contribution in [0.1, 0.15) is 43.9 Å². The molecule has 0 saturated carbocycles. The molecule has 0 fully saturated rings. The lowest BCUT2D eigenvalue weighted by atomic mass is 9.99. The highest BCUT2D eigenvalue weighted by molar-refractivity contribution is 6.07. The van der Waals surface area contributed by atoms with Crippen molar-refractivity contribution in [3.8, 4) is 12.3 Å². The Morgan fingerprint density at radius 3 is 2.48 bits per heavy atom. The zero-order valence-electron chi connectivity index (χ0n) is 15.1. The van der Waals surface area contributed by atoms with Crippen molar-refractivity contribution in [1.82, 2.24) is 0 Å². The average Bonchev–Trinajstić information content (AvgIpc) is 2.53. The van der Waals surface area contributed by atoms with E-state index in [0.29, 0.717) is 5.57 Å². The van der Waals surface area contributed by atoms with Gasteiger partial charge in [-0.25, -0.2) is 0 Å². The van der Waals surface area contributed by atoms with Gasteiger partial charge in [-0.15, -0.1) is 6.42 Å². The van der Waals surface area contributed by atoms with Gasteiger partial charge < -0.3 is 0 Å². The predicted octanol–water partition coefficient (Wildman–Crippen LogP) is 5.47. The van der Waals surface area contributed by atoms with Gasteiger partial charge in [-0.05, 0) is 57.4 Å². The molecule has 0 radical (unpaired) electrons. The Morgan fingerprint density at radius 2 is 1.96 bits per heavy atom. The maximum Gasteiger partial charge on any atom is 0.0746 e. The fraction of sp³-hybridized carbons (Fsp3) is 0.333. The van der Waals surface area contributed by atoms with Crippen LogP contribution in [0.5, 0.6) is 0 Å². The number of allylic oxidation sites excluding steroid dienone is 3. The SMILES string of the molecule is C#CC(=C)c1cc(C)cc(C)c1/N=C(C)/C(C)=C/C(CC)=N\C. The minimum atomic E-state index is 0.661. The Labute approximate surface area is 140 Å². The first-order chi connectivity index (χ1) is 10.8. The van der Waals surface area contributed by atoms with E-state index in [9.17, 15) is 0 Å². The van der Waals surface area contributed by atoms with Crippen molar-refractivity contribution < 1.29 is 0 Å². The summed E-state index contributed by atoms with van der Waals surface area (Å²) in [5.74, 6) is 2.63. The summed E-state index contributed by atoms with van der Waals surface area (Å²) in [5, 5.41) is 0. The third kappa shape index (κ3) is 4.79. The summed E-state index contributed by atoms with van der Waals surface area (Å²) in [7, 11) is 1.81. The maximum absolute atomic E-state index is 5.54. The van der Waals surface area contributed by atoms with E-state index >= 15 is 0 Å². The molecule has 1 rings (SSSR count). The average molecular weight is 306 g/mol. The van der Waals surface area contributed by atoms with Crippen molar-refractivity contribution >= 4 is 22.7 Å². The lowest BCUT2D eigenvalue weighted by molar-refractivity contribution is 1.25. The Bertz CT molecular complexity index is 738. The molecule has 23 heavy (non-hydrogen) atoms. The van der Waals surface area contributed by atoms with E-state index in [2.05, 4.69) is 57.3 Å². The number of nitrogens with zero attached hydrogens (tertiary/aromatic N) is 2. The molecule has 2 nitrogen and oxygen atoms in total. The minimum absolute atomic E-state index is 0.661. The second kappa shape index (κ2) is 8.29. The number of aryl methyl sites for hydroxylation is 2. The Kier molecular flexibility index (Phi) is 6.72. The van der Waals surface area contributed by atoms with Crippen LogP contribution in [-0.4, -0.2) is 18.5 Å². The third-order valence-electron chi connectivity index (χ3n) is 3.83. The molecule has 0 aliphatic heterocycles. The number of terminal acetylenes is 1. The molecule has 0 saturated heterocycles. The first-order valence-electron chi connectivity index (χ1n) is 7.80. The molecule has 0 aromatic heterocycles. The van der Waals surface area contributed by atoms with Crippen LogP contribution in [0.15, 0.2) is 40.3 Å². The van der Waals surface area contributed by atoms with Gasteiger partial charge in [0.25, 0.3) is 0 Å². The maximum atomic E-state index is 5.54. The van der Waals surface area contributed by atoms with Crippen LogP contribution in [0.2, 0.25) is 0 Å². The lowest BCUT2D eigenvalue weighted by Gasteiger charge is -2.11. The van der Waals surface area contributed by atoms with Gasteiger partial charge in [0.05, 0.1) is 5.69 Å². The second-order valence-electron chi connectivity index (χ2n) is 5.69. The largest absolute Gasteiger partial charge is 0.293 e. The normalized spacial score (nSPS) is 13.0. The summed E-state index contributed by atoms with van der Waals surface area (Å²) in [4.78, 5) is 9.10. The minimum Gasteiger partial charge on any atom is -0.293 e. The van der Waals surface area contributed by atoms with E-state index < -0.39 is 0 Å². The topological polar surface area (TPSA) is 24.7 Å². The monoisotopic (exact) mass is 306 g/mol. The van der Waals surface area contributed by atoms with E-state index in [-0.39, 0.29) is 0 Å². The van der Waals surface area contributed by atoms with Crippen LogP contribution in [0.4, 0.5) is 5.69 Å². The summed E-state index contributed by atoms with van der Waals surface area (Å²) in [5.41, 5.74) is 7.86. The summed E-state index contributed by atoms with van der Waals surface area (Å²) in [6, 6.07) is 4.16. The lowest BCUT2D eigenvalue weighted by Crippen LogP contribution is -1.99. The van der Waals surface area contributed by atoms with Gasteiger partial charge >= 0.3 is 0 Å². The molecule has 0 amide bonds. The van der Waals surface area contributed by atoms with E-state index in [1.807, 2.05) is 20.0 Å². The van der Waals surface area contributed by atoms with Crippen LogP contribution < -0.4 is 0 Å². The number of benzene rings is 1. The second-order valence-corrected chi connectivity index (χ2v) is 5.69. The Balaban J connectivity index is 3.42. The van der Waals surface area contributed by atoms with Crippen molar-refractivity contribution in [2.45, 2.75) is 41.0 Å². The van der Waals surface area contributed by atoms with Crippen molar-refractivity contribution in [1.29, 1.82) is 0 Å². The number of aliphatic imine (C=N–C) groups is 2. The molecule has 0 atom stereocenters. The summed E-state index contributed by atoms with van der Waals surface area (Å²) in [6.45, 7) is 14.2. The van der Waals surface area contributed by atoms with Gasteiger partial charge in [0.1, 0.15) is 0 Å². The van der Waals surface area contributed by atoms with Gasteiger partial charge in [0.2, 0.25) is 0 Å². The Hall–Kier alpha value is -2.40. The molecule has 0 bridgehead atoms. The highest BCUT2D eigenvalue weighted by Gasteiger charge is 2.09. The molecule has 1 aromatic rings. The number of rotatable bonds is 5. The van der Waals surface area contributed by atoms with E-state index in [1.165, 1.54) is 0 Å². The van der Waals surface area contributed by atoms with Gasteiger partial charge in [0, 0.05) is 29.6 Å². The molecular formula is C21H26N2. The number of hydrogen-bond donors (Lipinski definition) is 0. The smallest absolute Gasteiger partial charge is 0.0746 e. The predicted molar refractivity (Wildman–Crippen MR) is 104 cm³/mol. The fourth-order valence-electron chi connectivity index (χ4n) is 2.35. The van der Waals surface area contributed by atoms with E-state index in [4.69, 9.17) is 11.4 Å². The highest BCUT2D eigenvalue weighted by atomic mass is 14.8. The molecule has 2 heteroatoms. The molecule has 0 aliphatic carbocycles. The van der Waals surface area contributed by atoms with Crippen LogP contribution in [-0.2, 0) is 0 Å². The molecule has 1 aromatic carbocycles. The van der Waals surface area contributed by atoms with Gasteiger partial charge in [-0.1, -0.05) is 31.1 Å². The van der Waals surface area contributed by atoms with E-state index in [1.54, 1.807) is 0 Å². The molecule has 120 valence electrons. The van der Waals surface area contributed by atoms with Gasteiger partial charge in [-0.3, -0.25) is 9.98 Å². The highest BCUT2D eigenvalue weighted by Crippen LogP contribution is 2.31. The first kappa shape index (κ1) is 18.6. The van der Waals surface area contributed by atoms with Crippen molar-refractivity contribution in [3.05, 3.63) is 47.1 Å². The fourth-order valence-corrected chi connectivity index (χ4v) is 2.35. The van der Waals surface area contributed by atoms with E-state index in [0.717, 1.165) is 45.8 Å².